The van der Waals surface area contributed by atoms with Crippen LogP contribution in [-0.4, -0.2) is 128 Å². The van der Waals surface area contributed by atoms with E-state index in [-0.39, 0.29) is 62.8 Å². The summed E-state index contributed by atoms with van der Waals surface area (Å²) in [5.41, 5.74) is 8.24. The summed E-state index contributed by atoms with van der Waals surface area (Å²) in [4.78, 5) is 7.54. The molecule has 87 heavy (non-hydrogen) atoms. The van der Waals surface area contributed by atoms with Crippen LogP contribution < -0.4 is 0 Å². The first kappa shape index (κ1) is 45.9. The number of hydrogen-bond donors (Lipinski definition) is 0. The third kappa shape index (κ3) is 26.6. The molecule has 5 aromatic rings. The van der Waals surface area contributed by atoms with Crippen LogP contribution in [0.15, 0.2) is 121 Å². The summed E-state index contributed by atoms with van der Waals surface area (Å²) in [6, 6.07) is 31.1. The summed E-state index contributed by atoms with van der Waals surface area (Å²) in [6.45, 7) is 20.4. The SMILES string of the molecule is CC(C)(C)c1ccc(CN2CCCCC2)cc1.[2H]C([2H])(c1ccc(C(C)(C)C)cc1)N1C([2H])([2H])C([2H])([2H])OC([2H])(C)C1([2H])[2H].[2H]C([2H])(c1ccc(C(C)(C)C)cc1)N1CCCCC1.[2H]C1([2H])OC([2H])(C)C([2H])([2H])N(Cc2ccc(C(C)(C)C)cc2)C1([2H])[2H].[2H]c1c([2H])c(C(C)(C)C)c([2H])c([2H])c1CN1CCOCC1. The number of likely N-dealkylation sites (tertiary alicyclic amines) is 2. The molecule has 0 radical (unpaired) electrons. The molecule has 8 nitrogen and oxygen atoms in total. The van der Waals surface area contributed by atoms with E-state index in [1.165, 1.54) is 67.6 Å². The van der Waals surface area contributed by atoms with Gasteiger partial charge in [0.1, 0.15) is 0 Å². The first-order valence-electron chi connectivity index (χ1n) is 42.7. The van der Waals surface area contributed by atoms with Crippen LogP contribution in [0.4, 0.5) is 0 Å². The molecule has 0 N–H and O–H groups in total. The van der Waals surface area contributed by atoms with Crippen molar-refractivity contribution in [3.05, 3.63) is 177 Å². The number of morpholine rings is 3. The molecule has 8 heteroatoms. The van der Waals surface area contributed by atoms with Gasteiger partial charge in [-0.2, -0.15) is 0 Å². The Hall–Kier alpha value is -4.22. The van der Waals surface area contributed by atoms with Crippen LogP contribution in [0, 0.1) is 0 Å². The van der Waals surface area contributed by atoms with Gasteiger partial charge in [0.25, 0.3) is 0 Å². The van der Waals surface area contributed by atoms with E-state index in [0.29, 0.717) is 36.4 Å². The zero-order valence-corrected chi connectivity index (χ0v) is 56.2. The Balaban J connectivity index is 0.000000215. The van der Waals surface area contributed by atoms with Crippen molar-refractivity contribution in [1.82, 2.24) is 24.5 Å². The van der Waals surface area contributed by atoms with Crippen molar-refractivity contribution in [1.29, 1.82) is 0 Å². The minimum atomic E-state index is -3.18. The Kier molecular flexibility index (Phi) is 18.1. The van der Waals surface area contributed by atoms with Crippen LogP contribution in [0.3, 0.4) is 0 Å². The molecule has 10 rings (SSSR count). The summed E-state index contributed by atoms with van der Waals surface area (Å²) >= 11 is 0. The molecule has 5 heterocycles. The fourth-order valence-corrected chi connectivity index (χ4v) is 9.84. The number of benzene rings is 5. The maximum atomic E-state index is 8.46. The van der Waals surface area contributed by atoms with Crippen LogP contribution in [0.2, 0.25) is 0 Å². The normalized spacial score (nSPS) is 29.1. The molecule has 482 valence electrons. The van der Waals surface area contributed by atoms with E-state index in [4.69, 9.17) is 44.4 Å². The van der Waals surface area contributed by atoms with E-state index in [1.807, 2.05) is 70.7 Å². The Labute approximate surface area is 564 Å². The van der Waals surface area contributed by atoms with Crippen molar-refractivity contribution in [3.8, 4) is 0 Å². The van der Waals surface area contributed by atoms with Crippen LogP contribution in [0.25, 0.3) is 0 Å². The standard InChI is InChI=1S/2C16H25NO.2C16H25N.C15H23NO/c2*1-13-11-17(9-10-18-13)12-14-5-7-15(8-6-14)16(2,3)4;2*1-16(2,3)15-9-7-14(8-10-15)13-17-11-5-4-6-12-17;1-15(2,3)14-6-4-13(5-7-14)12-16-8-10-17-11-9-16/h2*5-8,13H,9-12H2,1-4H3;2*7-10H,4-6,11-13H2,1-3H3;4-7H,8-12H2,1-3H3/i9D2,10D2,11D2,12D2,13D;9D2,10D2,11D2,13D;13D2;;4D,5D,6D,7D. The van der Waals surface area contributed by atoms with Crippen LogP contribution in [-0.2, 0) is 73.9 Å². The van der Waals surface area contributed by atoms with Gasteiger partial charge < -0.3 is 14.2 Å². The fourth-order valence-electron chi connectivity index (χ4n) is 9.84. The zero-order chi connectivity index (χ0) is 82.9. The molecule has 5 aromatic carbocycles. The van der Waals surface area contributed by atoms with Gasteiger partial charge in [-0.05, 0) is 148 Å². The predicted octanol–water partition coefficient (Wildman–Crippen LogP) is 17.2. The van der Waals surface area contributed by atoms with Gasteiger partial charge in [0.2, 0.25) is 0 Å². The maximum absolute atomic E-state index is 8.46. The van der Waals surface area contributed by atoms with E-state index >= 15 is 0 Å². The molecule has 5 aliphatic rings. The largest absolute Gasteiger partial charge is 0.379 e. The lowest BCUT2D eigenvalue weighted by molar-refractivity contribution is -0.0213. The first-order valence-corrected chi connectivity index (χ1v) is 31.7. The maximum Gasteiger partial charge on any atom is 0.0674 e. The van der Waals surface area contributed by atoms with Gasteiger partial charge in [0.15, 0.2) is 0 Å². The lowest BCUT2D eigenvalue weighted by atomic mass is 9.86. The van der Waals surface area contributed by atoms with Crippen molar-refractivity contribution >= 4 is 0 Å². The van der Waals surface area contributed by atoms with E-state index in [2.05, 4.69) is 109 Å². The van der Waals surface area contributed by atoms with E-state index in [9.17, 15) is 0 Å². The van der Waals surface area contributed by atoms with Crippen molar-refractivity contribution in [2.75, 3.05) is 91.6 Å². The van der Waals surface area contributed by atoms with Crippen LogP contribution in [0.5, 0.6) is 0 Å². The Morgan fingerprint density at radius 2 is 0.690 bits per heavy atom. The average Bonchev–Trinajstić information content (AvgIpc) is 0.699. The molecule has 0 spiro atoms. The summed E-state index contributed by atoms with van der Waals surface area (Å²) in [5, 5.41) is 0. The number of ether oxygens (including phenoxy) is 3. The van der Waals surface area contributed by atoms with Gasteiger partial charge in [-0.25, -0.2) is 0 Å². The third-order valence-electron chi connectivity index (χ3n) is 15.4. The molecule has 5 fully saturated rings. The third-order valence-corrected chi connectivity index (χ3v) is 15.4. The molecule has 2 unspecified atom stereocenters. The van der Waals surface area contributed by atoms with Crippen molar-refractivity contribution in [2.45, 2.75) is 228 Å². The molecule has 5 saturated heterocycles. The van der Waals surface area contributed by atoms with Gasteiger partial charge in [0.05, 0.1) is 52.2 Å². The smallest absolute Gasteiger partial charge is 0.0674 e. The number of hydrogen-bond acceptors (Lipinski definition) is 8. The van der Waals surface area contributed by atoms with Crippen LogP contribution in [0.1, 0.15) is 242 Å². The highest BCUT2D eigenvalue weighted by Gasteiger charge is 2.22. The second-order valence-corrected chi connectivity index (χ2v) is 28.5. The minimum Gasteiger partial charge on any atom is -0.379 e. The molecular formula is C79H123N5O3. The molecule has 0 aromatic heterocycles. The monoisotopic (exact) mass is 1210 g/mol. The van der Waals surface area contributed by atoms with Crippen molar-refractivity contribution in [3.63, 3.8) is 0 Å². The summed E-state index contributed by atoms with van der Waals surface area (Å²) < 4.78 is 194. The van der Waals surface area contributed by atoms with E-state index in [0.717, 1.165) is 81.0 Å². The summed E-state index contributed by atoms with van der Waals surface area (Å²) in [6.07, 6.45) is 2.82. The summed E-state index contributed by atoms with van der Waals surface area (Å²) in [7, 11) is 0. The Morgan fingerprint density at radius 3 is 1.08 bits per heavy atom. The second-order valence-electron chi connectivity index (χ2n) is 28.5. The lowest BCUT2D eigenvalue weighted by Crippen LogP contribution is -2.40. The average molecular weight is 1210 g/mol. The number of nitrogens with zero attached hydrogens (tertiary/aromatic N) is 5. The molecule has 5 aliphatic heterocycles. The second kappa shape index (κ2) is 34.3. The fraction of sp³-hybridized carbons (Fsp3) is 0.620. The molecule has 0 aliphatic carbocycles. The first-order chi connectivity index (χ1) is 49.4. The zero-order valence-electron chi connectivity index (χ0n) is 78.2. The highest BCUT2D eigenvalue weighted by Crippen LogP contribution is 2.28. The minimum absolute atomic E-state index is 0.0437. The quantitative estimate of drug-likeness (QED) is 0.137. The number of piperidine rings is 2. The van der Waals surface area contributed by atoms with Gasteiger partial charge in [-0.1, -0.05) is 238 Å². The van der Waals surface area contributed by atoms with Gasteiger partial charge >= 0.3 is 0 Å². The molecular weight excluding hydrogens is 1070 g/mol. The molecule has 2 atom stereocenters. The summed E-state index contributed by atoms with van der Waals surface area (Å²) in [5.74, 6) is 0. The van der Waals surface area contributed by atoms with E-state index in [1.54, 1.807) is 24.3 Å². The van der Waals surface area contributed by atoms with Gasteiger partial charge in [-0.3, -0.25) is 24.5 Å². The van der Waals surface area contributed by atoms with Crippen LogP contribution >= 0.6 is 0 Å². The lowest BCUT2D eigenvalue weighted by Gasteiger charge is -2.31. The molecule has 0 saturated carbocycles. The Morgan fingerprint density at radius 1 is 0.379 bits per heavy atom. The number of rotatable bonds is 10. The molecule has 0 bridgehead atoms. The van der Waals surface area contributed by atoms with Gasteiger partial charge in [0, 0.05) is 88.2 Å². The highest BCUT2D eigenvalue weighted by atomic mass is 16.5. The molecule has 0 amide bonds. The van der Waals surface area contributed by atoms with Crippen molar-refractivity contribution < 1.29 is 44.4 Å². The van der Waals surface area contributed by atoms with Gasteiger partial charge in [-0.15, -0.1) is 0 Å². The van der Waals surface area contributed by atoms with Crippen molar-refractivity contribution in [2.24, 2.45) is 0 Å². The predicted molar refractivity (Wildman–Crippen MR) is 371 cm³/mol. The van der Waals surface area contributed by atoms with E-state index < -0.39 is 69.7 Å². The topological polar surface area (TPSA) is 43.9 Å². The highest BCUT2D eigenvalue weighted by molar-refractivity contribution is 5.31. The Bertz CT molecular complexity index is 3680.